The predicted molar refractivity (Wildman–Crippen MR) is 124 cm³/mol. The van der Waals surface area contributed by atoms with Gasteiger partial charge in [0.2, 0.25) is 0 Å². The third-order valence-corrected chi connectivity index (χ3v) is 5.24. The molecule has 160 valence electrons. The molecule has 0 saturated carbocycles. The van der Waals surface area contributed by atoms with Crippen molar-refractivity contribution in [3.63, 3.8) is 0 Å². The number of benzene rings is 3. The molecule has 0 aliphatic carbocycles. The monoisotopic (exact) mass is 425 g/mol. The van der Waals surface area contributed by atoms with Crippen molar-refractivity contribution in [2.75, 3.05) is 11.5 Å². The Morgan fingerprint density at radius 1 is 0.969 bits per heavy atom. The summed E-state index contributed by atoms with van der Waals surface area (Å²) in [7, 11) is 0. The van der Waals surface area contributed by atoms with Crippen molar-refractivity contribution in [3.8, 4) is 5.75 Å². The van der Waals surface area contributed by atoms with Crippen LogP contribution < -0.4 is 9.64 Å². The molecule has 5 heteroatoms. The van der Waals surface area contributed by atoms with Crippen LogP contribution in [-0.4, -0.2) is 23.4 Å². The quantitative estimate of drug-likeness (QED) is 0.524. The fourth-order valence-electron chi connectivity index (χ4n) is 3.77. The maximum absolute atomic E-state index is 13.2. The number of aliphatic hydroxyl groups excluding tert-OH is 1. The average Bonchev–Trinajstić information content (AvgIpc) is 3.10. The molecule has 0 radical (unpaired) electrons. The molecule has 3 aromatic carbocycles. The van der Waals surface area contributed by atoms with Crippen molar-refractivity contribution in [2.45, 2.75) is 13.0 Å². The summed E-state index contributed by atoms with van der Waals surface area (Å²) in [5.41, 5.74) is 2.20. The van der Waals surface area contributed by atoms with Crippen molar-refractivity contribution in [1.29, 1.82) is 0 Å². The summed E-state index contributed by atoms with van der Waals surface area (Å²) >= 11 is 0. The maximum Gasteiger partial charge on any atom is 0.294 e. The van der Waals surface area contributed by atoms with Gasteiger partial charge in [0.25, 0.3) is 5.91 Å². The number of hydrogen-bond acceptors (Lipinski definition) is 4. The smallest absolute Gasteiger partial charge is 0.294 e. The number of hydrogen-bond donors (Lipinski definition) is 1. The standard InChI is InChI=1S/C27H23NO4/c1-2-32-22-16-14-21(15-17-22)28-25(20-11-7-4-8-12-20)24(26(30)27(28)31)23(29)18-13-19-9-5-3-6-10-19/h3-18,25,30H,2H2,1H3. The number of nitrogens with zero attached hydrogens (tertiary/aromatic N) is 1. The summed E-state index contributed by atoms with van der Waals surface area (Å²) in [6.07, 6.45) is 3.07. The highest BCUT2D eigenvalue weighted by Crippen LogP contribution is 2.41. The number of rotatable bonds is 7. The lowest BCUT2D eigenvalue weighted by Crippen LogP contribution is -2.30. The van der Waals surface area contributed by atoms with Gasteiger partial charge in [0.05, 0.1) is 18.2 Å². The first-order valence-electron chi connectivity index (χ1n) is 10.4. The fraction of sp³-hybridized carbons (Fsp3) is 0.111. The average molecular weight is 425 g/mol. The highest BCUT2D eigenvalue weighted by molar-refractivity contribution is 6.19. The molecule has 4 rings (SSSR count). The first-order valence-corrected chi connectivity index (χ1v) is 10.4. The molecule has 1 aliphatic rings. The van der Waals surface area contributed by atoms with E-state index in [2.05, 4.69) is 0 Å². The topological polar surface area (TPSA) is 66.8 Å². The van der Waals surface area contributed by atoms with Crippen LogP contribution in [0.5, 0.6) is 5.75 Å². The molecule has 0 spiro atoms. The highest BCUT2D eigenvalue weighted by atomic mass is 16.5. The predicted octanol–water partition coefficient (Wildman–Crippen LogP) is 5.27. The summed E-state index contributed by atoms with van der Waals surface area (Å²) < 4.78 is 5.49. The number of carbonyl (C=O) groups is 2. The number of ether oxygens (including phenoxy) is 1. The Morgan fingerprint density at radius 3 is 2.22 bits per heavy atom. The lowest BCUT2D eigenvalue weighted by atomic mass is 9.95. The van der Waals surface area contributed by atoms with Gasteiger partial charge in [-0.2, -0.15) is 0 Å². The van der Waals surface area contributed by atoms with Crippen molar-refractivity contribution in [2.24, 2.45) is 0 Å². The van der Waals surface area contributed by atoms with Crippen molar-refractivity contribution in [3.05, 3.63) is 113 Å². The van der Waals surface area contributed by atoms with Gasteiger partial charge >= 0.3 is 0 Å². The van der Waals surface area contributed by atoms with Crippen LogP contribution in [0.3, 0.4) is 0 Å². The molecule has 1 heterocycles. The summed E-state index contributed by atoms with van der Waals surface area (Å²) in [5.74, 6) is -0.879. The molecule has 1 atom stereocenters. The molecule has 1 N–H and O–H groups in total. The van der Waals surface area contributed by atoms with Gasteiger partial charge in [0.1, 0.15) is 5.75 Å². The number of allylic oxidation sites excluding steroid dienone is 1. The Labute approximate surface area is 186 Å². The van der Waals surface area contributed by atoms with Crippen LogP contribution in [0.1, 0.15) is 24.1 Å². The summed E-state index contributed by atoms with van der Waals surface area (Å²) in [4.78, 5) is 27.7. The van der Waals surface area contributed by atoms with Crippen LogP contribution in [0.25, 0.3) is 6.08 Å². The van der Waals surface area contributed by atoms with Gasteiger partial charge in [-0.05, 0) is 48.4 Å². The van der Waals surface area contributed by atoms with Gasteiger partial charge in [-0.25, -0.2) is 0 Å². The van der Waals surface area contributed by atoms with Crippen LogP contribution in [-0.2, 0) is 9.59 Å². The number of ketones is 1. The zero-order valence-corrected chi connectivity index (χ0v) is 17.6. The number of aliphatic hydroxyl groups is 1. The van der Waals surface area contributed by atoms with Crippen LogP contribution >= 0.6 is 0 Å². The van der Waals surface area contributed by atoms with Gasteiger partial charge in [0.15, 0.2) is 11.5 Å². The van der Waals surface area contributed by atoms with E-state index in [4.69, 9.17) is 4.74 Å². The van der Waals surface area contributed by atoms with Gasteiger partial charge in [-0.1, -0.05) is 66.7 Å². The third-order valence-electron chi connectivity index (χ3n) is 5.24. The van der Waals surface area contributed by atoms with Gasteiger partial charge in [-0.15, -0.1) is 0 Å². The van der Waals surface area contributed by atoms with E-state index in [0.29, 0.717) is 18.0 Å². The lowest BCUT2D eigenvalue weighted by molar-refractivity contribution is -0.117. The SMILES string of the molecule is CCOc1ccc(N2C(=O)C(O)=C(C(=O)C=Cc3ccccc3)C2c2ccccc2)cc1. The molecule has 5 nitrogen and oxygen atoms in total. The zero-order valence-electron chi connectivity index (χ0n) is 17.6. The minimum absolute atomic E-state index is 0.0577. The lowest BCUT2D eigenvalue weighted by Gasteiger charge is -2.26. The Bertz CT molecular complexity index is 1170. The van der Waals surface area contributed by atoms with Crippen LogP contribution in [0, 0.1) is 0 Å². The molecule has 1 amide bonds. The minimum Gasteiger partial charge on any atom is -0.503 e. The second-order valence-electron chi connectivity index (χ2n) is 7.29. The van der Waals surface area contributed by atoms with Gasteiger partial charge < -0.3 is 9.84 Å². The van der Waals surface area contributed by atoms with E-state index in [9.17, 15) is 14.7 Å². The number of amides is 1. The van der Waals surface area contributed by atoms with E-state index < -0.39 is 23.5 Å². The van der Waals surface area contributed by atoms with E-state index in [1.807, 2.05) is 67.6 Å². The van der Waals surface area contributed by atoms with E-state index in [-0.39, 0.29) is 5.57 Å². The van der Waals surface area contributed by atoms with E-state index in [1.54, 1.807) is 30.3 Å². The van der Waals surface area contributed by atoms with Gasteiger partial charge in [0, 0.05) is 5.69 Å². The van der Waals surface area contributed by atoms with E-state index >= 15 is 0 Å². The second kappa shape index (κ2) is 9.35. The maximum atomic E-state index is 13.2. The Kier molecular flexibility index (Phi) is 6.17. The third kappa shape index (κ3) is 4.18. The molecule has 1 unspecified atom stereocenters. The molecule has 0 fully saturated rings. The van der Waals surface area contributed by atoms with E-state index in [0.717, 1.165) is 11.1 Å². The van der Waals surface area contributed by atoms with Gasteiger partial charge in [-0.3, -0.25) is 14.5 Å². The highest BCUT2D eigenvalue weighted by Gasteiger charge is 2.43. The molecular weight excluding hydrogens is 402 g/mol. The van der Waals surface area contributed by atoms with Crippen LogP contribution in [0.2, 0.25) is 0 Å². The molecule has 32 heavy (non-hydrogen) atoms. The van der Waals surface area contributed by atoms with Crippen molar-refractivity contribution >= 4 is 23.5 Å². The second-order valence-corrected chi connectivity index (χ2v) is 7.29. The molecule has 1 aliphatic heterocycles. The summed E-state index contributed by atoms with van der Waals surface area (Å²) in [6, 6.07) is 24.9. The fourth-order valence-corrected chi connectivity index (χ4v) is 3.77. The number of carbonyl (C=O) groups excluding carboxylic acids is 2. The summed E-state index contributed by atoms with van der Waals surface area (Å²) in [5, 5.41) is 10.7. The first kappa shape index (κ1) is 21.1. The van der Waals surface area contributed by atoms with Crippen molar-refractivity contribution < 1.29 is 19.4 Å². The van der Waals surface area contributed by atoms with E-state index in [1.165, 1.54) is 11.0 Å². The van der Waals surface area contributed by atoms with Crippen molar-refractivity contribution in [1.82, 2.24) is 0 Å². The molecule has 0 bridgehead atoms. The molecule has 3 aromatic rings. The largest absolute Gasteiger partial charge is 0.503 e. The molecule has 0 aromatic heterocycles. The zero-order chi connectivity index (χ0) is 22.5. The minimum atomic E-state index is -0.741. The molecule has 0 saturated heterocycles. The first-order chi connectivity index (χ1) is 15.6. The Balaban J connectivity index is 1.74. The summed E-state index contributed by atoms with van der Waals surface area (Å²) in [6.45, 7) is 2.43. The molecular formula is C27H23NO4. The normalized spacial score (nSPS) is 16.1. The van der Waals surface area contributed by atoms with Crippen LogP contribution in [0.4, 0.5) is 5.69 Å². The number of anilines is 1. The Hall–Kier alpha value is -4.12. The Morgan fingerprint density at radius 2 is 1.59 bits per heavy atom. The van der Waals surface area contributed by atoms with Crippen LogP contribution in [0.15, 0.2) is 102 Å².